The van der Waals surface area contributed by atoms with Gasteiger partial charge in [0.2, 0.25) is 0 Å². The van der Waals surface area contributed by atoms with Crippen molar-refractivity contribution in [1.82, 2.24) is 9.78 Å². The lowest BCUT2D eigenvalue weighted by molar-refractivity contribution is 0.267. The Kier molecular flexibility index (Phi) is 4.63. The first kappa shape index (κ1) is 14.4. The van der Waals surface area contributed by atoms with Gasteiger partial charge in [-0.1, -0.05) is 13.0 Å². The number of methoxy groups -OCH3 is 1. The average Bonchev–Trinajstić information content (AvgIpc) is 2.85. The van der Waals surface area contributed by atoms with E-state index in [2.05, 4.69) is 12.0 Å². The van der Waals surface area contributed by atoms with Crippen molar-refractivity contribution in [2.75, 3.05) is 7.11 Å². The third-order valence-electron chi connectivity index (χ3n) is 3.18. The molecule has 0 atom stereocenters. The number of aryl methyl sites for hydroxylation is 2. The van der Waals surface area contributed by atoms with E-state index >= 15 is 0 Å². The molecule has 0 fully saturated rings. The molecule has 1 heterocycles. The zero-order valence-electron chi connectivity index (χ0n) is 12.1. The standard InChI is InChI=1S/C15H20N2O3/c1-4-12-8-13(17(2)16-12)10-20-15-7-11(9-18)5-6-14(15)19-3/h5-8,18H,4,9-10H2,1-3H3. The van der Waals surface area contributed by atoms with Gasteiger partial charge in [-0.15, -0.1) is 0 Å². The first-order chi connectivity index (χ1) is 9.67. The van der Waals surface area contributed by atoms with Crippen molar-refractivity contribution in [3.05, 3.63) is 41.2 Å². The molecule has 0 aliphatic rings. The van der Waals surface area contributed by atoms with Crippen molar-refractivity contribution in [2.45, 2.75) is 26.6 Å². The second-order valence-corrected chi connectivity index (χ2v) is 4.54. The molecule has 0 spiro atoms. The number of benzene rings is 1. The molecule has 5 heteroatoms. The molecule has 0 saturated carbocycles. The molecular formula is C15H20N2O3. The van der Waals surface area contributed by atoms with Crippen molar-refractivity contribution in [2.24, 2.45) is 7.05 Å². The molecule has 20 heavy (non-hydrogen) atoms. The number of hydrogen-bond donors (Lipinski definition) is 1. The second-order valence-electron chi connectivity index (χ2n) is 4.54. The topological polar surface area (TPSA) is 56.5 Å². The van der Waals surface area contributed by atoms with Crippen LogP contribution in [0.15, 0.2) is 24.3 Å². The van der Waals surface area contributed by atoms with Gasteiger partial charge >= 0.3 is 0 Å². The lowest BCUT2D eigenvalue weighted by Crippen LogP contribution is -2.04. The molecule has 1 aromatic carbocycles. The van der Waals surface area contributed by atoms with Crippen LogP contribution in [0.4, 0.5) is 0 Å². The number of aliphatic hydroxyl groups excluding tert-OH is 1. The minimum absolute atomic E-state index is 0.0218. The summed E-state index contributed by atoms with van der Waals surface area (Å²) in [5, 5.41) is 13.6. The zero-order chi connectivity index (χ0) is 14.5. The monoisotopic (exact) mass is 276 g/mol. The second kappa shape index (κ2) is 6.43. The van der Waals surface area contributed by atoms with E-state index in [-0.39, 0.29) is 6.61 Å². The normalized spacial score (nSPS) is 10.6. The van der Waals surface area contributed by atoms with Gasteiger partial charge in [0.1, 0.15) is 6.61 Å². The number of hydrogen-bond acceptors (Lipinski definition) is 4. The van der Waals surface area contributed by atoms with E-state index in [1.54, 1.807) is 19.2 Å². The van der Waals surface area contributed by atoms with Crippen molar-refractivity contribution >= 4 is 0 Å². The number of ether oxygens (including phenoxy) is 2. The predicted octanol–water partition coefficient (Wildman–Crippen LogP) is 2.06. The van der Waals surface area contributed by atoms with E-state index in [0.717, 1.165) is 23.4 Å². The Labute approximate surface area is 118 Å². The fraction of sp³-hybridized carbons (Fsp3) is 0.400. The molecule has 2 rings (SSSR count). The van der Waals surface area contributed by atoms with Gasteiger partial charge in [0.15, 0.2) is 11.5 Å². The number of aliphatic hydroxyl groups is 1. The minimum Gasteiger partial charge on any atom is -0.493 e. The van der Waals surface area contributed by atoms with Gasteiger partial charge in [-0.2, -0.15) is 5.10 Å². The summed E-state index contributed by atoms with van der Waals surface area (Å²) in [6.07, 6.45) is 0.900. The minimum atomic E-state index is -0.0218. The average molecular weight is 276 g/mol. The van der Waals surface area contributed by atoms with Crippen LogP contribution in [0.25, 0.3) is 0 Å². The van der Waals surface area contributed by atoms with Gasteiger partial charge in [-0.3, -0.25) is 4.68 Å². The summed E-state index contributed by atoms with van der Waals surface area (Å²) in [4.78, 5) is 0. The van der Waals surface area contributed by atoms with Gasteiger partial charge in [0, 0.05) is 7.05 Å². The first-order valence-electron chi connectivity index (χ1n) is 6.60. The molecule has 5 nitrogen and oxygen atoms in total. The van der Waals surface area contributed by atoms with E-state index in [1.807, 2.05) is 23.9 Å². The van der Waals surface area contributed by atoms with Crippen LogP contribution in [0.1, 0.15) is 23.9 Å². The van der Waals surface area contributed by atoms with Gasteiger partial charge in [-0.05, 0) is 30.2 Å². The summed E-state index contributed by atoms with van der Waals surface area (Å²) in [5.74, 6) is 1.28. The molecule has 108 valence electrons. The van der Waals surface area contributed by atoms with Gasteiger partial charge < -0.3 is 14.6 Å². The summed E-state index contributed by atoms with van der Waals surface area (Å²) in [6.45, 7) is 2.46. The Bertz CT molecular complexity index is 578. The molecule has 0 bridgehead atoms. The van der Waals surface area contributed by atoms with Crippen LogP contribution in [-0.4, -0.2) is 22.0 Å². The Morgan fingerprint density at radius 1 is 1.25 bits per heavy atom. The Morgan fingerprint density at radius 3 is 2.65 bits per heavy atom. The van der Waals surface area contributed by atoms with Crippen LogP contribution in [0.5, 0.6) is 11.5 Å². The molecule has 1 aromatic heterocycles. The Morgan fingerprint density at radius 2 is 2.05 bits per heavy atom. The van der Waals surface area contributed by atoms with Crippen LogP contribution in [-0.2, 0) is 26.7 Å². The van der Waals surface area contributed by atoms with Crippen molar-refractivity contribution in [3.8, 4) is 11.5 Å². The highest BCUT2D eigenvalue weighted by molar-refractivity contribution is 5.42. The highest BCUT2D eigenvalue weighted by atomic mass is 16.5. The third-order valence-corrected chi connectivity index (χ3v) is 3.18. The zero-order valence-corrected chi connectivity index (χ0v) is 12.1. The molecular weight excluding hydrogens is 256 g/mol. The fourth-order valence-corrected chi connectivity index (χ4v) is 1.96. The largest absolute Gasteiger partial charge is 0.493 e. The highest BCUT2D eigenvalue weighted by Crippen LogP contribution is 2.28. The van der Waals surface area contributed by atoms with Crippen LogP contribution in [0.2, 0.25) is 0 Å². The van der Waals surface area contributed by atoms with Gasteiger partial charge in [-0.25, -0.2) is 0 Å². The van der Waals surface area contributed by atoms with Crippen LogP contribution in [0, 0.1) is 0 Å². The summed E-state index contributed by atoms with van der Waals surface area (Å²) in [7, 11) is 3.50. The maximum absolute atomic E-state index is 9.18. The Balaban J connectivity index is 2.14. The molecule has 2 aromatic rings. The molecule has 0 radical (unpaired) electrons. The summed E-state index contributed by atoms with van der Waals surface area (Å²) in [6, 6.07) is 7.42. The lowest BCUT2D eigenvalue weighted by Gasteiger charge is -2.11. The summed E-state index contributed by atoms with van der Waals surface area (Å²) < 4.78 is 12.9. The van der Waals surface area contributed by atoms with Crippen LogP contribution in [0.3, 0.4) is 0 Å². The van der Waals surface area contributed by atoms with Crippen molar-refractivity contribution < 1.29 is 14.6 Å². The quantitative estimate of drug-likeness (QED) is 0.877. The first-order valence-corrected chi connectivity index (χ1v) is 6.60. The molecule has 0 aliphatic carbocycles. The number of rotatable bonds is 6. The van der Waals surface area contributed by atoms with Crippen LogP contribution < -0.4 is 9.47 Å². The van der Waals surface area contributed by atoms with E-state index in [9.17, 15) is 5.11 Å². The SMILES string of the molecule is CCc1cc(COc2cc(CO)ccc2OC)n(C)n1. The molecule has 0 unspecified atom stereocenters. The van der Waals surface area contributed by atoms with E-state index < -0.39 is 0 Å². The Hall–Kier alpha value is -2.01. The number of aromatic nitrogens is 2. The fourth-order valence-electron chi connectivity index (χ4n) is 1.96. The van der Waals surface area contributed by atoms with E-state index in [1.165, 1.54) is 0 Å². The van der Waals surface area contributed by atoms with Gasteiger partial charge in [0.05, 0.1) is 25.1 Å². The predicted molar refractivity (Wildman–Crippen MR) is 75.8 cm³/mol. The van der Waals surface area contributed by atoms with Crippen molar-refractivity contribution in [3.63, 3.8) is 0 Å². The van der Waals surface area contributed by atoms with E-state index in [0.29, 0.717) is 18.1 Å². The molecule has 0 saturated heterocycles. The molecule has 1 N–H and O–H groups in total. The van der Waals surface area contributed by atoms with Crippen molar-refractivity contribution in [1.29, 1.82) is 0 Å². The maximum Gasteiger partial charge on any atom is 0.162 e. The summed E-state index contributed by atoms with van der Waals surface area (Å²) >= 11 is 0. The molecule has 0 aliphatic heterocycles. The lowest BCUT2D eigenvalue weighted by atomic mass is 10.2. The smallest absolute Gasteiger partial charge is 0.162 e. The van der Waals surface area contributed by atoms with Crippen LogP contribution >= 0.6 is 0 Å². The molecule has 0 amide bonds. The third kappa shape index (κ3) is 3.11. The number of nitrogens with zero attached hydrogens (tertiary/aromatic N) is 2. The maximum atomic E-state index is 9.18. The van der Waals surface area contributed by atoms with E-state index in [4.69, 9.17) is 9.47 Å². The summed E-state index contributed by atoms with van der Waals surface area (Å²) in [5.41, 5.74) is 2.83. The highest BCUT2D eigenvalue weighted by Gasteiger charge is 2.09. The van der Waals surface area contributed by atoms with Gasteiger partial charge in [0.25, 0.3) is 0 Å².